The van der Waals surface area contributed by atoms with Crippen molar-refractivity contribution in [2.45, 2.75) is 29.8 Å². The second kappa shape index (κ2) is 9.67. The Balaban J connectivity index is 1.41. The summed E-state index contributed by atoms with van der Waals surface area (Å²) in [5.74, 6) is 1.76. The van der Waals surface area contributed by atoms with Gasteiger partial charge < -0.3 is 24.6 Å². The number of hydrogen-bond acceptors (Lipinski definition) is 5. The van der Waals surface area contributed by atoms with Crippen LogP contribution in [0.2, 0.25) is 0 Å². The first kappa shape index (κ1) is 19.6. The van der Waals surface area contributed by atoms with E-state index in [2.05, 4.69) is 12.1 Å². The van der Waals surface area contributed by atoms with E-state index in [0.29, 0.717) is 19.6 Å². The molecule has 0 aliphatic carbocycles. The molecule has 1 N–H and O–H groups in total. The summed E-state index contributed by atoms with van der Waals surface area (Å²) in [5.41, 5.74) is 1.01. The molecule has 0 aromatic heterocycles. The van der Waals surface area contributed by atoms with Crippen LogP contribution in [0.3, 0.4) is 0 Å². The van der Waals surface area contributed by atoms with Crippen LogP contribution in [0.4, 0.5) is 4.79 Å². The molecule has 0 spiro atoms. The predicted octanol–water partition coefficient (Wildman–Crippen LogP) is 2.74. The zero-order valence-corrected chi connectivity index (χ0v) is 15.9. The Bertz CT molecular complexity index is 723. The maximum Gasteiger partial charge on any atom is 0.137 e. The van der Waals surface area contributed by atoms with E-state index in [1.165, 1.54) is 4.90 Å². The molecule has 1 heterocycles. The zero-order chi connectivity index (χ0) is 19.1. The Morgan fingerprint density at radius 2 is 1.93 bits per heavy atom. The summed E-state index contributed by atoms with van der Waals surface area (Å²) >= 11 is 1.82. The largest absolute Gasteiger partial charge is 0.530 e. The highest BCUT2D eigenvalue weighted by Gasteiger charge is 2.28. The molecular formula is C21H24NO4S-. The first-order chi connectivity index (χ1) is 13.1. The number of aliphatic hydroxyl groups excluding tert-OH is 1. The second-order valence-corrected chi connectivity index (χ2v) is 7.78. The van der Waals surface area contributed by atoms with Crippen LogP contribution < -0.4 is 9.84 Å². The normalized spacial score (nSPS) is 19.7. The molecule has 144 valence electrons. The first-order valence-corrected chi connectivity index (χ1v) is 10.2. The number of β-amino-alcohol motifs (C(OH)–C–C–N with tert-alkyl or cyclic N) is 1. The highest BCUT2D eigenvalue weighted by atomic mass is 32.2. The number of ether oxygens (including phenoxy) is 1. The molecule has 1 aliphatic rings. The minimum Gasteiger partial charge on any atom is -0.530 e. The Morgan fingerprint density at radius 3 is 2.59 bits per heavy atom. The quantitative estimate of drug-likeness (QED) is 0.585. The highest BCUT2D eigenvalue weighted by molar-refractivity contribution is 7.99. The van der Waals surface area contributed by atoms with Crippen molar-refractivity contribution < 1.29 is 19.7 Å². The summed E-state index contributed by atoms with van der Waals surface area (Å²) < 4.78 is 5.79. The van der Waals surface area contributed by atoms with Crippen LogP contribution in [0, 0.1) is 0 Å². The lowest BCUT2D eigenvalue weighted by Gasteiger charge is -2.37. The van der Waals surface area contributed by atoms with E-state index >= 15 is 0 Å². The lowest BCUT2D eigenvalue weighted by atomic mass is 9.87. The molecule has 5 nitrogen and oxygen atoms in total. The van der Waals surface area contributed by atoms with Gasteiger partial charge in [-0.2, -0.15) is 0 Å². The average molecular weight is 386 g/mol. The average Bonchev–Trinajstić information content (AvgIpc) is 2.69. The Labute approximate surface area is 164 Å². The van der Waals surface area contributed by atoms with E-state index < -0.39 is 12.2 Å². The van der Waals surface area contributed by atoms with E-state index in [-0.39, 0.29) is 12.5 Å². The maximum absolute atomic E-state index is 10.9. The van der Waals surface area contributed by atoms with E-state index in [4.69, 9.17) is 4.74 Å². The monoisotopic (exact) mass is 386 g/mol. The summed E-state index contributed by atoms with van der Waals surface area (Å²) in [4.78, 5) is 13.3. The summed E-state index contributed by atoms with van der Waals surface area (Å²) in [6.45, 7) is 1.15. The highest BCUT2D eigenvalue weighted by Crippen LogP contribution is 2.29. The molecule has 1 amide bonds. The van der Waals surface area contributed by atoms with Gasteiger partial charge >= 0.3 is 0 Å². The number of nitrogens with zero attached hydrogens (tertiary/aromatic N) is 1. The van der Waals surface area contributed by atoms with Gasteiger partial charge in [0.15, 0.2) is 0 Å². The number of benzene rings is 2. The van der Waals surface area contributed by atoms with Crippen LogP contribution in [0.15, 0.2) is 59.5 Å². The molecule has 0 bridgehead atoms. The number of hydrogen-bond donors (Lipinski definition) is 1. The van der Waals surface area contributed by atoms with Crippen LogP contribution in [-0.4, -0.2) is 47.7 Å². The van der Waals surface area contributed by atoms with Gasteiger partial charge in [0.2, 0.25) is 0 Å². The molecule has 0 radical (unpaired) electrons. The molecule has 1 saturated heterocycles. The SMILES string of the molecule is O=C([O-])N1CCC(c2ccc(OCCCSc3ccccc3)cc2)C(O)C1. The molecule has 2 aromatic rings. The predicted molar refractivity (Wildman–Crippen MR) is 104 cm³/mol. The van der Waals surface area contributed by atoms with Gasteiger partial charge in [-0.15, -0.1) is 11.8 Å². The first-order valence-electron chi connectivity index (χ1n) is 9.18. The summed E-state index contributed by atoms with van der Waals surface area (Å²) in [5, 5.41) is 21.1. The second-order valence-electron chi connectivity index (χ2n) is 6.61. The Hall–Kier alpha value is -2.18. The molecular weight excluding hydrogens is 362 g/mol. The minimum atomic E-state index is -1.22. The smallest absolute Gasteiger partial charge is 0.137 e. The number of piperidine rings is 1. The summed E-state index contributed by atoms with van der Waals surface area (Å²) in [6, 6.07) is 18.1. The molecule has 2 unspecified atom stereocenters. The van der Waals surface area contributed by atoms with Gasteiger partial charge in [0, 0.05) is 29.7 Å². The maximum atomic E-state index is 10.9. The Kier molecular flexibility index (Phi) is 7.01. The molecule has 27 heavy (non-hydrogen) atoms. The van der Waals surface area contributed by atoms with Crippen LogP contribution in [0.1, 0.15) is 24.3 Å². The lowest BCUT2D eigenvalue weighted by molar-refractivity contribution is -0.268. The standard InChI is InChI=1S/C21H25NO4S/c23-20-15-22(21(24)25)12-11-19(20)16-7-9-17(10-8-16)26-13-4-14-27-18-5-2-1-3-6-18/h1-3,5-10,19-20,23H,4,11-15H2,(H,24,25)/p-1. The van der Waals surface area contributed by atoms with Crippen molar-refractivity contribution in [1.82, 2.24) is 4.90 Å². The van der Waals surface area contributed by atoms with Gasteiger partial charge in [-0.25, -0.2) is 0 Å². The fourth-order valence-electron chi connectivity index (χ4n) is 3.25. The van der Waals surface area contributed by atoms with Crippen molar-refractivity contribution in [3.63, 3.8) is 0 Å². The molecule has 1 aliphatic heterocycles. The van der Waals surface area contributed by atoms with Gasteiger partial charge in [-0.1, -0.05) is 30.3 Å². The topological polar surface area (TPSA) is 72.8 Å². The molecule has 2 aromatic carbocycles. The number of rotatable bonds is 7. The molecule has 6 heteroatoms. The van der Waals surface area contributed by atoms with Crippen LogP contribution >= 0.6 is 11.8 Å². The van der Waals surface area contributed by atoms with Crippen molar-refractivity contribution in [3.8, 4) is 5.75 Å². The third-order valence-corrected chi connectivity index (χ3v) is 5.82. The van der Waals surface area contributed by atoms with Crippen LogP contribution in [0.5, 0.6) is 5.75 Å². The van der Waals surface area contributed by atoms with Crippen LogP contribution in [-0.2, 0) is 0 Å². The van der Waals surface area contributed by atoms with Crippen LogP contribution in [0.25, 0.3) is 0 Å². The third kappa shape index (κ3) is 5.65. The number of amides is 1. The fourth-order valence-corrected chi connectivity index (χ4v) is 4.10. The van der Waals surface area contributed by atoms with Crippen molar-refractivity contribution in [2.24, 2.45) is 0 Å². The lowest BCUT2D eigenvalue weighted by Crippen LogP contribution is -2.50. The number of aliphatic hydroxyl groups is 1. The third-order valence-electron chi connectivity index (χ3n) is 4.72. The van der Waals surface area contributed by atoms with Gasteiger partial charge in [0.25, 0.3) is 0 Å². The van der Waals surface area contributed by atoms with Crippen molar-refractivity contribution in [1.29, 1.82) is 0 Å². The van der Waals surface area contributed by atoms with Crippen molar-refractivity contribution in [2.75, 3.05) is 25.4 Å². The van der Waals surface area contributed by atoms with Crippen molar-refractivity contribution >= 4 is 17.9 Å². The number of carbonyl (C=O) groups is 1. The van der Waals surface area contributed by atoms with E-state index in [9.17, 15) is 15.0 Å². The van der Waals surface area contributed by atoms with Gasteiger partial charge in [0.05, 0.1) is 12.7 Å². The molecule has 0 saturated carbocycles. The number of carbonyl (C=O) groups excluding carboxylic acids is 1. The van der Waals surface area contributed by atoms with Gasteiger partial charge in [-0.05, 0) is 42.7 Å². The number of likely N-dealkylation sites (tertiary alicyclic amines) is 1. The number of thioether (sulfide) groups is 1. The van der Waals surface area contributed by atoms with E-state index in [1.807, 2.05) is 54.2 Å². The van der Waals surface area contributed by atoms with Gasteiger partial charge in [0.1, 0.15) is 11.8 Å². The van der Waals surface area contributed by atoms with Crippen molar-refractivity contribution in [3.05, 3.63) is 60.2 Å². The number of carboxylic acid groups (broad SMARTS) is 1. The summed E-state index contributed by atoms with van der Waals surface area (Å²) in [6.07, 6.45) is -0.381. The Morgan fingerprint density at radius 1 is 1.19 bits per heavy atom. The summed E-state index contributed by atoms with van der Waals surface area (Å²) in [7, 11) is 0. The molecule has 3 rings (SSSR count). The molecule has 2 atom stereocenters. The van der Waals surface area contributed by atoms with E-state index in [0.717, 1.165) is 28.4 Å². The zero-order valence-electron chi connectivity index (χ0n) is 15.1. The van der Waals surface area contributed by atoms with E-state index in [1.54, 1.807) is 0 Å². The van der Waals surface area contributed by atoms with Gasteiger partial charge in [-0.3, -0.25) is 0 Å². The molecule has 1 fully saturated rings. The fraction of sp³-hybridized carbons (Fsp3) is 0.381. The minimum absolute atomic E-state index is 0.0584.